The van der Waals surface area contributed by atoms with Gasteiger partial charge in [0, 0.05) is 39.2 Å². The molecule has 220 valence electrons. The average Bonchev–Trinajstić information content (AvgIpc) is 3.79. The highest BCUT2D eigenvalue weighted by molar-refractivity contribution is 9.10. The molecule has 42 heavy (non-hydrogen) atoms. The van der Waals surface area contributed by atoms with Gasteiger partial charge in [0.25, 0.3) is 0 Å². The molecule has 3 aromatic carbocycles. The van der Waals surface area contributed by atoms with E-state index in [1.165, 1.54) is 38.8 Å². The Balaban J connectivity index is 1.23. The zero-order chi connectivity index (χ0) is 28.9. The van der Waals surface area contributed by atoms with Crippen LogP contribution in [0.25, 0.3) is 20.5 Å². The first-order valence-electron chi connectivity index (χ1n) is 14.8. The summed E-state index contributed by atoms with van der Waals surface area (Å²) in [6.45, 7) is 7.81. The molecule has 6 nitrogen and oxygen atoms in total. The molecular formula is C34H37BrN2O4S. The van der Waals surface area contributed by atoms with Crippen molar-refractivity contribution in [3.8, 4) is 27.7 Å². The number of fused-ring (bicyclic) bond motifs is 1. The largest absolute Gasteiger partial charge is 0.497 e. The molecule has 3 heterocycles. The molecule has 6 rings (SSSR count). The summed E-state index contributed by atoms with van der Waals surface area (Å²) in [6.07, 6.45) is 5.10. The fourth-order valence-corrected chi connectivity index (χ4v) is 7.56. The highest BCUT2D eigenvalue weighted by Crippen LogP contribution is 2.42. The number of rotatable bonds is 12. The fraction of sp³-hybridized carbons (Fsp3) is 0.382. The van der Waals surface area contributed by atoms with Gasteiger partial charge < -0.3 is 14.2 Å². The number of hydrogen-bond donors (Lipinski definition) is 0. The minimum Gasteiger partial charge on any atom is -0.497 e. The van der Waals surface area contributed by atoms with E-state index in [0.29, 0.717) is 24.3 Å². The Kier molecular flexibility index (Phi) is 9.44. The van der Waals surface area contributed by atoms with Crippen molar-refractivity contribution in [2.45, 2.75) is 25.7 Å². The zero-order valence-corrected chi connectivity index (χ0v) is 26.5. The molecule has 1 aromatic heterocycles. The maximum Gasteiger partial charge on any atom is 0.195 e. The second-order valence-electron chi connectivity index (χ2n) is 11.0. The van der Waals surface area contributed by atoms with Crippen molar-refractivity contribution < 1.29 is 19.0 Å². The van der Waals surface area contributed by atoms with Crippen LogP contribution in [0, 0.1) is 0 Å². The molecular weight excluding hydrogens is 612 g/mol. The Bertz CT molecular complexity index is 1520. The topological polar surface area (TPSA) is 51.2 Å². The molecule has 2 saturated heterocycles. The molecule has 2 aliphatic heterocycles. The van der Waals surface area contributed by atoms with Gasteiger partial charge in [0.05, 0.1) is 11.6 Å². The number of ether oxygens (including phenoxy) is 3. The Morgan fingerprint density at radius 1 is 0.810 bits per heavy atom. The number of ketones is 1. The fourth-order valence-electron chi connectivity index (χ4n) is 5.83. The number of halogens is 1. The summed E-state index contributed by atoms with van der Waals surface area (Å²) in [4.78, 5) is 19.9. The van der Waals surface area contributed by atoms with Crippen LogP contribution in [0.4, 0.5) is 0 Å². The maximum atomic E-state index is 14.1. The van der Waals surface area contributed by atoms with Gasteiger partial charge in [-0.15, -0.1) is 11.3 Å². The molecule has 0 radical (unpaired) electrons. The van der Waals surface area contributed by atoms with E-state index in [4.69, 9.17) is 14.2 Å². The number of nitrogens with zero attached hydrogens (tertiary/aromatic N) is 2. The molecule has 0 atom stereocenters. The molecule has 2 aliphatic rings. The van der Waals surface area contributed by atoms with E-state index < -0.39 is 0 Å². The highest BCUT2D eigenvalue weighted by Gasteiger charge is 2.23. The van der Waals surface area contributed by atoms with E-state index in [9.17, 15) is 4.79 Å². The molecule has 0 unspecified atom stereocenters. The van der Waals surface area contributed by atoms with Crippen LogP contribution in [-0.4, -0.2) is 75.2 Å². The molecule has 0 amide bonds. The van der Waals surface area contributed by atoms with Crippen molar-refractivity contribution in [1.82, 2.24) is 9.80 Å². The molecule has 0 bridgehead atoms. The van der Waals surface area contributed by atoms with Crippen LogP contribution in [-0.2, 0) is 0 Å². The third kappa shape index (κ3) is 6.67. The standard InChI is InChI=1S/C34H37BrN2O4S/c1-39-27-11-12-28-31(23-27)42-34(24-6-9-26(10-7-24)40-20-18-36-14-2-3-15-36)32(28)33(38)25-8-13-30(29(35)22-25)41-21-19-37-16-4-5-17-37/h6-13,22-23H,2-5,14-21H2,1H3. The van der Waals surface area contributed by atoms with Gasteiger partial charge in [0.15, 0.2) is 5.78 Å². The van der Waals surface area contributed by atoms with Gasteiger partial charge in [-0.3, -0.25) is 14.6 Å². The monoisotopic (exact) mass is 648 g/mol. The predicted molar refractivity (Wildman–Crippen MR) is 174 cm³/mol. The van der Waals surface area contributed by atoms with Crippen molar-refractivity contribution >= 4 is 43.1 Å². The lowest BCUT2D eigenvalue weighted by molar-refractivity contribution is 0.104. The number of carbonyl (C=O) groups excluding carboxylic acids is 1. The Labute approximate surface area is 260 Å². The van der Waals surface area contributed by atoms with Gasteiger partial charge in [0.1, 0.15) is 30.5 Å². The highest BCUT2D eigenvalue weighted by atomic mass is 79.9. The lowest BCUT2D eigenvalue weighted by Gasteiger charge is -2.16. The van der Waals surface area contributed by atoms with Crippen LogP contribution in [0.3, 0.4) is 0 Å². The van der Waals surface area contributed by atoms with Crippen LogP contribution in [0.5, 0.6) is 17.2 Å². The second-order valence-corrected chi connectivity index (χ2v) is 12.9. The summed E-state index contributed by atoms with van der Waals surface area (Å²) in [5.41, 5.74) is 2.31. The van der Waals surface area contributed by atoms with Gasteiger partial charge >= 0.3 is 0 Å². The lowest BCUT2D eigenvalue weighted by atomic mass is 9.97. The number of benzene rings is 3. The van der Waals surface area contributed by atoms with Crippen molar-refractivity contribution in [3.05, 3.63) is 76.3 Å². The number of methoxy groups -OCH3 is 1. The quantitative estimate of drug-likeness (QED) is 0.148. The minimum absolute atomic E-state index is 0.0170. The normalized spacial score (nSPS) is 15.9. The van der Waals surface area contributed by atoms with E-state index in [2.05, 4.69) is 37.9 Å². The Hall–Kier alpha value is -2.91. The van der Waals surface area contributed by atoms with Crippen molar-refractivity contribution in [2.24, 2.45) is 0 Å². The maximum absolute atomic E-state index is 14.1. The average molecular weight is 650 g/mol. The SMILES string of the molecule is COc1ccc2c(C(=O)c3ccc(OCCN4CCCC4)c(Br)c3)c(-c3ccc(OCCN4CCCC4)cc3)sc2c1. The molecule has 4 aromatic rings. The van der Waals surface area contributed by atoms with E-state index in [1.54, 1.807) is 18.4 Å². The molecule has 0 spiro atoms. The zero-order valence-electron chi connectivity index (χ0n) is 24.1. The first-order chi connectivity index (χ1) is 20.6. The van der Waals surface area contributed by atoms with Crippen molar-refractivity contribution in [1.29, 1.82) is 0 Å². The van der Waals surface area contributed by atoms with Crippen LogP contribution < -0.4 is 14.2 Å². The number of thiophene rings is 1. The van der Waals surface area contributed by atoms with Crippen LogP contribution in [0.2, 0.25) is 0 Å². The first kappa shape index (κ1) is 29.2. The van der Waals surface area contributed by atoms with E-state index in [1.807, 2.05) is 48.5 Å². The lowest BCUT2D eigenvalue weighted by Crippen LogP contribution is -2.25. The van der Waals surface area contributed by atoms with E-state index >= 15 is 0 Å². The number of carbonyl (C=O) groups is 1. The Morgan fingerprint density at radius 2 is 1.45 bits per heavy atom. The molecule has 8 heteroatoms. The van der Waals surface area contributed by atoms with Crippen LogP contribution in [0.1, 0.15) is 41.6 Å². The predicted octanol–water partition coefficient (Wildman–Crippen LogP) is 7.52. The summed E-state index contributed by atoms with van der Waals surface area (Å²) >= 11 is 5.26. The molecule has 0 aliphatic carbocycles. The van der Waals surface area contributed by atoms with E-state index in [0.717, 1.165) is 68.4 Å². The summed E-state index contributed by atoms with van der Waals surface area (Å²) in [5.74, 6) is 2.36. The molecule has 0 N–H and O–H groups in total. The van der Waals surface area contributed by atoms with Gasteiger partial charge in [-0.2, -0.15) is 0 Å². The summed E-state index contributed by atoms with van der Waals surface area (Å²) < 4.78 is 19.4. The molecule has 2 fully saturated rings. The first-order valence-corrected chi connectivity index (χ1v) is 16.5. The minimum atomic E-state index is -0.0170. The summed E-state index contributed by atoms with van der Waals surface area (Å²) in [6, 6.07) is 19.7. The third-order valence-electron chi connectivity index (χ3n) is 8.17. The van der Waals surface area contributed by atoms with Crippen molar-refractivity contribution in [2.75, 3.05) is 59.6 Å². The second kappa shape index (κ2) is 13.6. The number of likely N-dealkylation sites (tertiary alicyclic amines) is 2. The summed E-state index contributed by atoms with van der Waals surface area (Å²) in [5, 5.41) is 0.925. The van der Waals surface area contributed by atoms with Crippen LogP contribution in [0.15, 0.2) is 65.1 Å². The van der Waals surface area contributed by atoms with Gasteiger partial charge in [-0.05, 0) is 134 Å². The Morgan fingerprint density at radius 3 is 2.10 bits per heavy atom. The van der Waals surface area contributed by atoms with Crippen molar-refractivity contribution in [3.63, 3.8) is 0 Å². The third-order valence-corrected chi connectivity index (χ3v) is 9.99. The number of hydrogen-bond acceptors (Lipinski definition) is 7. The smallest absolute Gasteiger partial charge is 0.195 e. The van der Waals surface area contributed by atoms with Crippen LogP contribution >= 0.6 is 27.3 Å². The summed E-state index contributed by atoms with van der Waals surface area (Å²) in [7, 11) is 1.66. The van der Waals surface area contributed by atoms with Gasteiger partial charge in [-0.25, -0.2) is 0 Å². The van der Waals surface area contributed by atoms with E-state index in [-0.39, 0.29) is 5.78 Å². The van der Waals surface area contributed by atoms with Gasteiger partial charge in [0.2, 0.25) is 0 Å². The molecule has 0 saturated carbocycles. The van der Waals surface area contributed by atoms with Gasteiger partial charge in [-0.1, -0.05) is 0 Å².